The summed E-state index contributed by atoms with van der Waals surface area (Å²) in [6.45, 7) is 1.26. The summed E-state index contributed by atoms with van der Waals surface area (Å²) in [7, 11) is 0. The molecule has 0 amide bonds. The van der Waals surface area contributed by atoms with Crippen LogP contribution in [0.5, 0.6) is 5.75 Å². The minimum Gasteiger partial charge on any atom is -0.492 e. The van der Waals surface area contributed by atoms with Crippen molar-refractivity contribution in [3.8, 4) is 16.9 Å². The lowest BCUT2D eigenvalue weighted by Crippen LogP contribution is -2.02. The lowest BCUT2D eigenvalue weighted by Gasteiger charge is -2.15. The van der Waals surface area contributed by atoms with Crippen LogP contribution >= 0.6 is 46.4 Å². The van der Waals surface area contributed by atoms with E-state index in [9.17, 15) is 0 Å². The second-order valence-electron chi connectivity index (χ2n) is 5.03. The van der Waals surface area contributed by atoms with Crippen molar-refractivity contribution in [3.05, 3.63) is 50.4 Å². The average molecular weight is 393 g/mol. The van der Waals surface area contributed by atoms with Crippen molar-refractivity contribution < 1.29 is 4.74 Å². The van der Waals surface area contributed by atoms with Gasteiger partial charge in [0.15, 0.2) is 0 Å². The zero-order valence-corrected chi connectivity index (χ0v) is 15.4. The smallest absolute Gasteiger partial charge is 0.138 e. The number of ether oxygens (including phenoxy) is 1. The molecule has 6 heteroatoms. The predicted molar refractivity (Wildman–Crippen MR) is 100 cm³/mol. The highest BCUT2D eigenvalue weighted by Gasteiger charge is 2.18. The van der Waals surface area contributed by atoms with Crippen LogP contribution < -0.4 is 10.5 Å². The second kappa shape index (κ2) is 9.00. The van der Waals surface area contributed by atoms with Gasteiger partial charge in [-0.1, -0.05) is 52.5 Å². The molecule has 0 saturated carbocycles. The number of unbranched alkanes of at least 4 members (excludes halogenated alkanes) is 2. The summed E-state index contributed by atoms with van der Waals surface area (Å²) >= 11 is 25.3. The van der Waals surface area contributed by atoms with Gasteiger partial charge in [-0.25, -0.2) is 0 Å². The molecule has 2 aromatic carbocycles. The van der Waals surface area contributed by atoms with E-state index < -0.39 is 0 Å². The SMILES string of the molecule is NCCCCCOc1ccc(Cl)c(-c2c(Cl)cccc2Cl)c1Cl. The summed E-state index contributed by atoms with van der Waals surface area (Å²) in [4.78, 5) is 0. The van der Waals surface area contributed by atoms with Crippen molar-refractivity contribution in [1.82, 2.24) is 0 Å². The molecule has 0 aliphatic heterocycles. The van der Waals surface area contributed by atoms with Gasteiger partial charge in [-0.3, -0.25) is 0 Å². The van der Waals surface area contributed by atoms with Crippen molar-refractivity contribution in [2.24, 2.45) is 5.73 Å². The van der Waals surface area contributed by atoms with E-state index in [2.05, 4.69) is 0 Å². The number of benzene rings is 2. The number of hydrogen-bond donors (Lipinski definition) is 1. The fraction of sp³-hybridized carbons (Fsp3) is 0.294. The number of hydrogen-bond acceptors (Lipinski definition) is 2. The highest BCUT2D eigenvalue weighted by molar-refractivity contribution is 6.44. The van der Waals surface area contributed by atoms with Crippen LogP contribution in [0.1, 0.15) is 19.3 Å². The minimum atomic E-state index is 0.409. The third kappa shape index (κ3) is 4.68. The summed E-state index contributed by atoms with van der Waals surface area (Å²) in [5.41, 5.74) is 6.67. The first-order valence-corrected chi connectivity index (χ1v) is 8.82. The van der Waals surface area contributed by atoms with Crippen LogP contribution in [0, 0.1) is 0 Å². The van der Waals surface area contributed by atoms with Gasteiger partial charge >= 0.3 is 0 Å². The van der Waals surface area contributed by atoms with Crippen LogP contribution in [-0.2, 0) is 0 Å². The van der Waals surface area contributed by atoms with Crippen molar-refractivity contribution >= 4 is 46.4 Å². The number of rotatable bonds is 7. The Morgan fingerprint density at radius 3 is 2.09 bits per heavy atom. The summed E-state index contributed by atoms with van der Waals surface area (Å²) in [5, 5.41) is 1.86. The Bertz CT molecular complexity index is 656. The zero-order chi connectivity index (χ0) is 16.8. The quantitative estimate of drug-likeness (QED) is 0.547. The van der Waals surface area contributed by atoms with Crippen molar-refractivity contribution in [2.75, 3.05) is 13.2 Å². The molecule has 0 atom stereocenters. The molecule has 0 radical (unpaired) electrons. The molecule has 2 N–H and O–H groups in total. The largest absolute Gasteiger partial charge is 0.492 e. The van der Waals surface area contributed by atoms with Gasteiger partial charge in [0.05, 0.1) is 16.7 Å². The van der Waals surface area contributed by atoms with Gasteiger partial charge in [-0.15, -0.1) is 0 Å². The molecule has 2 nitrogen and oxygen atoms in total. The number of nitrogens with two attached hydrogens (primary N) is 1. The van der Waals surface area contributed by atoms with E-state index in [4.69, 9.17) is 56.9 Å². The van der Waals surface area contributed by atoms with Crippen LogP contribution in [0.4, 0.5) is 0 Å². The lowest BCUT2D eigenvalue weighted by molar-refractivity contribution is 0.306. The average Bonchev–Trinajstić information content (AvgIpc) is 2.52. The highest BCUT2D eigenvalue weighted by atomic mass is 35.5. The summed E-state index contributed by atoms with van der Waals surface area (Å²) in [5.74, 6) is 0.565. The Hall–Kier alpha value is -0.640. The molecule has 0 saturated heterocycles. The van der Waals surface area contributed by atoms with Gasteiger partial charge in [0.2, 0.25) is 0 Å². The van der Waals surface area contributed by atoms with Crippen LogP contribution in [-0.4, -0.2) is 13.2 Å². The predicted octanol–water partition coefficient (Wildman–Crippen LogP) is 6.48. The van der Waals surface area contributed by atoms with E-state index in [0.29, 0.717) is 50.1 Å². The molecule has 23 heavy (non-hydrogen) atoms. The minimum absolute atomic E-state index is 0.409. The third-order valence-corrected chi connectivity index (χ3v) is 4.69. The van der Waals surface area contributed by atoms with Crippen molar-refractivity contribution in [1.29, 1.82) is 0 Å². The first-order chi connectivity index (χ1) is 11.1. The lowest BCUT2D eigenvalue weighted by atomic mass is 10.0. The molecule has 0 spiro atoms. The topological polar surface area (TPSA) is 35.2 Å². The van der Waals surface area contributed by atoms with Gasteiger partial charge in [0.1, 0.15) is 5.75 Å². The maximum Gasteiger partial charge on any atom is 0.138 e. The molecule has 0 fully saturated rings. The van der Waals surface area contributed by atoms with E-state index in [1.807, 2.05) is 0 Å². The maximum absolute atomic E-state index is 6.49. The second-order valence-corrected chi connectivity index (χ2v) is 6.63. The van der Waals surface area contributed by atoms with E-state index in [-0.39, 0.29) is 0 Å². The molecule has 0 unspecified atom stereocenters. The normalized spacial score (nSPS) is 10.8. The van der Waals surface area contributed by atoms with Gasteiger partial charge in [0.25, 0.3) is 0 Å². The van der Waals surface area contributed by atoms with E-state index in [1.54, 1.807) is 30.3 Å². The van der Waals surface area contributed by atoms with Gasteiger partial charge in [-0.05, 0) is 50.1 Å². The molecule has 2 aromatic rings. The van der Waals surface area contributed by atoms with Crippen LogP contribution in [0.25, 0.3) is 11.1 Å². The van der Waals surface area contributed by atoms with E-state index in [0.717, 1.165) is 19.3 Å². The van der Waals surface area contributed by atoms with Gasteiger partial charge < -0.3 is 10.5 Å². The molecule has 124 valence electrons. The Morgan fingerprint density at radius 1 is 0.783 bits per heavy atom. The Balaban J connectivity index is 2.29. The van der Waals surface area contributed by atoms with E-state index >= 15 is 0 Å². The van der Waals surface area contributed by atoms with Crippen LogP contribution in [0.15, 0.2) is 30.3 Å². The van der Waals surface area contributed by atoms with Crippen molar-refractivity contribution in [2.45, 2.75) is 19.3 Å². The highest BCUT2D eigenvalue weighted by Crippen LogP contribution is 2.45. The standard InChI is InChI=1S/C17H17Cl4NO/c18-11-5-4-6-12(19)15(11)16-13(20)7-8-14(17(16)21)23-10-3-1-2-9-22/h4-8H,1-3,9-10,22H2. The Labute approximate surface area is 156 Å². The van der Waals surface area contributed by atoms with E-state index in [1.165, 1.54) is 0 Å². The molecule has 0 aliphatic carbocycles. The fourth-order valence-electron chi connectivity index (χ4n) is 2.22. The molecule has 0 bridgehead atoms. The molecule has 0 aliphatic rings. The fourth-order valence-corrected chi connectivity index (χ4v) is 3.42. The first-order valence-electron chi connectivity index (χ1n) is 7.31. The zero-order valence-electron chi connectivity index (χ0n) is 12.4. The Kier molecular flexibility index (Phi) is 7.32. The summed E-state index contributed by atoms with van der Waals surface area (Å²) < 4.78 is 5.76. The van der Waals surface area contributed by atoms with Crippen LogP contribution in [0.2, 0.25) is 20.1 Å². The Morgan fingerprint density at radius 2 is 1.43 bits per heavy atom. The molecular weight excluding hydrogens is 376 g/mol. The molecule has 2 rings (SSSR count). The van der Waals surface area contributed by atoms with Crippen molar-refractivity contribution in [3.63, 3.8) is 0 Å². The number of halogens is 4. The van der Waals surface area contributed by atoms with Crippen LogP contribution in [0.3, 0.4) is 0 Å². The summed E-state index contributed by atoms with van der Waals surface area (Å²) in [6, 6.07) is 8.75. The molecule has 0 aromatic heterocycles. The van der Waals surface area contributed by atoms with Gasteiger partial charge in [-0.2, -0.15) is 0 Å². The monoisotopic (exact) mass is 391 g/mol. The first kappa shape index (κ1) is 18.7. The maximum atomic E-state index is 6.49. The molecule has 0 heterocycles. The third-order valence-electron chi connectivity index (χ3n) is 3.37. The molecular formula is C17H17Cl4NO. The van der Waals surface area contributed by atoms with Gasteiger partial charge in [0, 0.05) is 21.2 Å². The summed E-state index contributed by atoms with van der Waals surface area (Å²) in [6.07, 6.45) is 2.92.